The lowest BCUT2D eigenvalue weighted by molar-refractivity contribution is 0.414. The van der Waals surface area contributed by atoms with Gasteiger partial charge in [0.05, 0.1) is 25.0 Å². The maximum Gasteiger partial charge on any atom is 0.255 e. The zero-order valence-corrected chi connectivity index (χ0v) is 28.3. The zero-order chi connectivity index (χ0) is 32.2. The van der Waals surface area contributed by atoms with Crippen molar-refractivity contribution >= 4 is 42.8 Å². The second-order valence-corrected chi connectivity index (χ2v) is 16.9. The molecule has 12 heteroatoms. The van der Waals surface area contributed by atoms with E-state index in [9.17, 15) is 7.77 Å². The molecule has 0 saturated heterocycles. The molecule has 0 aromatic heterocycles. The summed E-state index contributed by atoms with van der Waals surface area (Å²) in [5, 5.41) is 1.10. The first-order valence-corrected chi connectivity index (χ1v) is 19.7. The van der Waals surface area contributed by atoms with Gasteiger partial charge in [0.25, 0.3) is 21.0 Å². The lowest BCUT2D eigenvalue weighted by Gasteiger charge is -2.25. The van der Waals surface area contributed by atoms with Crippen molar-refractivity contribution in [3.05, 3.63) is 93.0 Å². The Bertz CT molecular complexity index is 1460. The van der Waals surface area contributed by atoms with Crippen molar-refractivity contribution in [1.29, 1.82) is 0 Å². The Labute approximate surface area is 255 Å². The van der Waals surface area contributed by atoms with Crippen LogP contribution in [0.5, 0.6) is 0 Å². The molecule has 0 saturated carbocycles. The predicted octanol–water partition coefficient (Wildman–Crippen LogP) is 6.06. The van der Waals surface area contributed by atoms with Crippen LogP contribution in [0.25, 0.3) is 11.1 Å². The highest BCUT2D eigenvalue weighted by atomic mass is 32.3. The minimum atomic E-state index is -5.42. The van der Waals surface area contributed by atoms with Gasteiger partial charge in [-0.1, -0.05) is 36.4 Å². The molecule has 232 valence electrons. The van der Waals surface area contributed by atoms with Crippen LogP contribution in [-0.4, -0.2) is 51.0 Å². The molecule has 5 rings (SSSR count). The summed E-state index contributed by atoms with van der Waals surface area (Å²) in [5.74, 6) is 0. The first-order valence-electron chi connectivity index (χ1n) is 12.9. The summed E-state index contributed by atoms with van der Waals surface area (Å²) in [7, 11) is -10.2. The Kier molecular flexibility index (Phi) is 12.7. The third-order valence-corrected chi connectivity index (χ3v) is 10.9. The quantitative estimate of drug-likeness (QED) is 0.188. The van der Waals surface area contributed by atoms with E-state index in [4.69, 9.17) is 25.9 Å². The number of hydrogen-bond acceptors (Lipinski definition) is 6. The molecule has 0 amide bonds. The minimum absolute atomic E-state index is 0.294. The van der Waals surface area contributed by atoms with E-state index in [-0.39, 0.29) is 0 Å². The predicted molar refractivity (Wildman–Crippen MR) is 170 cm³/mol. The van der Waals surface area contributed by atoms with Crippen LogP contribution in [0.4, 0.5) is 7.77 Å². The van der Waals surface area contributed by atoms with Gasteiger partial charge < -0.3 is 9.11 Å². The molecule has 0 aliphatic heterocycles. The molecule has 42 heavy (non-hydrogen) atoms. The van der Waals surface area contributed by atoms with Gasteiger partial charge in [-0.15, -0.1) is 7.77 Å². The molecule has 6 bridgehead atoms. The van der Waals surface area contributed by atoms with Gasteiger partial charge in [-0.3, -0.25) is 0 Å². The van der Waals surface area contributed by atoms with Crippen molar-refractivity contribution in [2.24, 2.45) is 0 Å². The van der Waals surface area contributed by atoms with Gasteiger partial charge >= 0.3 is 0 Å². The van der Waals surface area contributed by atoms with E-state index in [1.165, 1.54) is 44.5 Å². The topological polar surface area (TPSA) is 114 Å². The first kappa shape index (κ1) is 36.2. The van der Waals surface area contributed by atoms with E-state index in [2.05, 4.69) is 101 Å². The molecular formula is C30H38F2O6S4. The van der Waals surface area contributed by atoms with Crippen LogP contribution >= 0.6 is 0 Å². The van der Waals surface area contributed by atoms with Gasteiger partial charge in [-0.05, 0) is 106 Å². The summed E-state index contributed by atoms with van der Waals surface area (Å²) in [6, 6.07) is 18.8. The molecule has 2 aliphatic rings. The number of fused-ring (bicyclic) bond motifs is 4. The number of benzene rings is 3. The van der Waals surface area contributed by atoms with Gasteiger partial charge in [0.2, 0.25) is 0 Å². The average molecular weight is 661 g/mol. The third-order valence-electron chi connectivity index (χ3n) is 7.70. The Morgan fingerprint density at radius 3 is 1.12 bits per heavy atom. The van der Waals surface area contributed by atoms with Gasteiger partial charge in [0, 0.05) is 24.0 Å². The van der Waals surface area contributed by atoms with E-state index in [1.807, 2.05) is 0 Å². The molecule has 3 aromatic rings. The fraction of sp³-hybridized carbons (Fsp3) is 0.400. The molecule has 0 heterocycles. The molecule has 0 fully saturated rings. The van der Waals surface area contributed by atoms with Crippen LogP contribution < -0.4 is 0 Å². The Hall–Kier alpha value is -1.96. The Balaban J connectivity index is 0.000000533. The first-order chi connectivity index (χ1) is 19.2. The fourth-order valence-corrected chi connectivity index (χ4v) is 7.78. The van der Waals surface area contributed by atoms with Crippen molar-refractivity contribution in [3.63, 3.8) is 0 Å². The third kappa shape index (κ3) is 10.6. The fourth-order valence-electron chi connectivity index (χ4n) is 5.40. The standard InChI is InChI=1S/C30H38S2.2FHO3S/c1-19-20(2)28-18-30(32(7)8)26-14-10-12-24(16-26)23-11-9-13-25(15-23)29(31(5)6)17-27(19)21(3)22(28)4;2*1-5(2,3)4/h9-16,29-30H,17-18H2,1-8H3;2*(H,2,3,4)/q+2;;/p-2. The SMILES string of the molecule is Cc1c(C)c2c(C)c(C)c1CC([S+](C)C)c1cccc(c1)-c1cccc(c1)C([S+](C)C)C2.O=S(=O)([O-])F.O=S(=O)([O-])F. The molecule has 2 aliphatic carbocycles. The van der Waals surface area contributed by atoms with Crippen molar-refractivity contribution in [1.82, 2.24) is 0 Å². The van der Waals surface area contributed by atoms with Crippen LogP contribution in [0.2, 0.25) is 0 Å². The van der Waals surface area contributed by atoms with E-state index < -0.39 is 21.0 Å². The molecule has 0 radical (unpaired) electrons. The van der Waals surface area contributed by atoms with Crippen LogP contribution in [0.15, 0.2) is 48.5 Å². The maximum atomic E-state index is 10.1. The van der Waals surface area contributed by atoms with Crippen molar-refractivity contribution in [3.8, 4) is 11.1 Å². The summed E-state index contributed by atoms with van der Waals surface area (Å²) in [6.45, 7) is 9.49. The second-order valence-electron chi connectivity index (χ2n) is 10.6. The molecule has 0 spiro atoms. The molecule has 2 atom stereocenters. The van der Waals surface area contributed by atoms with E-state index in [0.717, 1.165) is 12.8 Å². The number of halogens is 2. The lowest BCUT2D eigenvalue weighted by atomic mass is 9.83. The largest absolute Gasteiger partial charge is 0.722 e. The summed E-state index contributed by atoms with van der Waals surface area (Å²) in [5.41, 5.74) is 14.9. The molecule has 0 N–H and O–H groups in total. The summed E-state index contributed by atoms with van der Waals surface area (Å²) < 4.78 is 70.7. The summed E-state index contributed by atoms with van der Waals surface area (Å²) >= 11 is 0. The van der Waals surface area contributed by atoms with Gasteiger partial charge in [0.15, 0.2) is 0 Å². The van der Waals surface area contributed by atoms with Crippen LogP contribution in [0, 0.1) is 27.7 Å². The molecule has 6 nitrogen and oxygen atoms in total. The Morgan fingerprint density at radius 1 is 0.619 bits per heavy atom. The highest BCUT2D eigenvalue weighted by Crippen LogP contribution is 2.38. The normalized spacial score (nSPS) is 16.7. The number of hydrogen-bond donors (Lipinski definition) is 0. The van der Waals surface area contributed by atoms with Crippen molar-refractivity contribution in [2.45, 2.75) is 51.0 Å². The molecular weight excluding hydrogens is 623 g/mol. The van der Waals surface area contributed by atoms with Crippen LogP contribution in [-0.2, 0) is 55.6 Å². The Morgan fingerprint density at radius 2 is 0.881 bits per heavy atom. The van der Waals surface area contributed by atoms with Crippen LogP contribution in [0.3, 0.4) is 0 Å². The van der Waals surface area contributed by atoms with Gasteiger partial charge in [-0.2, -0.15) is 0 Å². The summed E-state index contributed by atoms with van der Waals surface area (Å²) in [4.78, 5) is 0. The van der Waals surface area contributed by atoms with Gasteiger partial charge in [0.1, 0.15) is 10.5 Å². The van der Waals surface area contributed by atoms with Crippen molar-refractivity contribution < 1.29 is 33.7 Å². The van der Waals surface area contributed by atoms with Crippen LogP contribution in [0.1, 0.15) is 55.0 Å². The summed E-state index contributed by atoms with van der Waals surface area (Å²) in [6.07, 6.45) is 11.9. The van der Waals surface area contributed by atoms with E-state index in [0.29, 0.717) is 32.3 Å². The number of rotatable bonds is 2. The average Bonchev–Trinajstić information content (AvgIpc) is 2.85. The van der Waals surface area contributed by atoms with E-state index >= 15 is 0 Å². The molecule has 3 aromatic carbocycles. The van der Waals surface area contributed by atoms with Gasteiger partial charge in [-0.25, -0.2) is 16.8 Å². The maximum absolute atomic E-state index is 10.1. The highest BCUT2D eigenvalue weighted by molar-refractivity contribution is 7.96. The van der Waals surface area contributed by atoms with E-state index in [1.54, 1.807) is 11.1 Å². The lowest BCUT2D eigenvalue weighted by Crippen LogP contribution is -2.19. The monoisotopic (exact) mass is 660 g/mol. The minimum Gasteiger partial charge on any atom is -0.722 e. The smallest absolute Gasteiger partial charge is 0.255 e. The molecule has 2 unspecified atom stereocenters. The second kappa shape index (κ2) is 14.7. The highest BCUT2D eigenvalue weighted by Gasteiger charge is 2.31. The zero-order valence-electron chi connectivity index (χ0n) is 25.0. The van der Waals surface area contributed by atoms with Crippen molar-refractivity contribution in [2.75, 3.05) is 25.0 Å².